The summed E-state index contributed by atoms with van der Waals surface area (Å²) in [6, 6.07) is 7.55. The first-order valence-electron chi connectivity index (χ1n) is 7.81. The number of hydrogen-bond donors (Lipinski definition) is 1. The largest absolute Gasteiger partial charge is 0.442 e. The molecule has 3 rings (SSSR count). The maximum Gasteiger partial charge on any atom is 0.414 e. The first-order valence-corrected chi connectivity index (χ1v) is 9.20. The minimum Gasteiger partial charge on any atom is -0.442 e. The summed E-state index contributed by atoms with van der Waals surface area (Å²) in [6.07, 6.45) is 2.92. The number of benzene rings is 1. The lowest BCUT2D eigenvalue weighted by atomic mass is 10.1. The molecule has 0 unspecified atom stereocenters. The predicted molar refractivity (Wildman–Crippen MR) is 93.0 cm³/mol. The topological polar surface area (TPSA) is 63.0 Å². The summed E-state index contributed by atoms with van der Waals surface area (Å²) in [6.45, 7) is 8.03. The Bertz CT molecular complexity index is 679. The van der Waals surface area contributed by atoms with E-state index < -0.39 is 6.09 Å². The molecule has 1 aliphatic heterocycles. The Balaban J connectivity index is 1.60. The maximum atomic E-state index is 12.0. The van der Waals surface area contributed by atoms with E-state index in [9.17, 15) is 9.59 Å². The molecule has 0 radical (unpaired) electrons. The van der Waals surface area contributed by atoms with Crippen molar-refractivity contribution in [2.24, 2.45) is 0 Å². The highest BCUT2D eigenvalue weighted by atomic mass is 32.2. The number of nitrogens with zero attached hydrogens (tertiary/aromatic N) is 2. The molecule has 1 saturated carbocycles. The van der Waals surface area contributed by atoms with E-state index in [2.05, 4.69) is 10.2 Å². The van der Waals surface area contributed by atoms with Crippen LogP contribution in [0.4, 0.5) is 10.5 Å². The number of ether oxygens (including phenoxy) is 1. The van der Waals surface area contributed by atoms with Crippen LogP contribution in [0, 0.1) is 6.57 Å². The van der Waals surface area contributed by atoms with Crippen molar-refractivity contribution in [3.8, 4) is 0 Å². The third kappa shape index (κ3) is 3.34. The number of carbonyl (C=O) groups excluding carboxylic acids is 2. The second kappa shape index (κ2) is 6.73. The molecule has 2 amide bonds. The van der Waals surface area contributed by atoms with Crippen molar-refractivity contribution >= 4 is 29.4 Å². The first-order chi connectivity index (χ1) is 11.6. The molecule has 0 bridgehead atoms. The summed E-state index contributed by atoms with van der Waals surface area (Å²) in [5.41, 5.74) is 1.42. The van der Waals surface area contributed by atoms with Crippen LogP contribution in [-0.4, -0.2) is 43.2 Å². The van der Waals surface area contributed by atoms with Crippen LogP contribution in [0.15, 0.2) is 24.3 Å². The standard InChI is InChI=1S/C17H19N3O3S/c1-18-17(7-8-17)12-3-5-13(6-4-12)20-10-14(23-16(20)22)9-19-15(21)11-24-2/h3-6,14H,7-11H2,2H3,(H,19,21)/t14-/m0/s1. The number of amides is 2. The molecule has 1 aliphatic carbocycles. The summed E-state index contributed by atoms with van der Waals surface area (Å²) in [5.74, 6) is 0.337. The van der Waals surface area contributed by atoms with Gasteiger partial charge in [0, 0.05) is 24.1 Å². The number of carbonyl (C=O) groups is 2. The van der Waals surface area contributed by atoms with Gasteiger partial charge in [0.05, 0.1) is 18.8 Å². The molecule has 2 fully saturated rings. The second-order valence-corrected chi connectivity index (χ2v) is 6.91. The Hall–Kier alpha value is -2.20. The van der Waals surface area contributed by atoms with Crippen LogP contribution in [-0.2, 0) is 15.1 Å². The molecule has 1 saturated heterocycles. The van der Waals surface area contributed by atoms with Crippen molar-refractivity contribution in [1.82, 2.24) is 5.32 Å². The van der Waals surface area contributed by atoms with Crippen LogP contribution < -0.4 is 10.2 Å². The van der Waals surface area contributed by atoms with Crippen molar-refractivity contribution in [1.29, 1.82) is 0 Å². The minimum absolute atomic E-state index is 0.0600. The zero-order chi connectivity index (χ0) is 17.2. The van der Waals surface area contributed by atoms with Gasteiger partial charge >= 0.3 is 6.09 Å². The van der Waals surface area contributed by atoms with Crippen LogP contribution in [0.1, 0.15) is 18.4 Å². The highest BCUT2D eigenvalue weighted by molar-refractivity contribution is 7.99. The van der Waals surface area contributed by atoms with Gasteiger partial charge in [0.15, 0.2) is 0 Å². The van der Waals surface area contributed by atoms with Crippen LogP contribution in [0.2, 0.25) is 0 Å². The van der Waals surface area contributed by atoms with Gasteiger partial charge in [-0.15, -0.1) is 0 Å². The van der Waals surface area contributed by atoms with Gasteiger partial charge < -0.3 is 14.9 Å². The summed E-state index contributed by atoms with van der Waals surface area (Å²) in [5, 5.41) is 2.77. The number of anilines is 1. The highest BCUT2D eigenvalue weighted by Crippen LogP contribution is 2.49. The molecule has 2 aliphatic rings. The Kier molecular flexibility index (Phi) is 4.67. The van der Waals surface area contributed by atoms with Crippen molar-refractivity contribution < 1.29 is 14.3 Å². The van der Waals surface area contributed by atoms with Gasteiger partial charge in [-0.05, 0) is 30.5 Å². The molecule has 1 atom stereocenters. The Morgan fingerprint density at radius 3 is 2.75 bits per heavy atom. The van der Waals surface area contributed by atoms with Crippen molar-refractivity contribution in [2.75, 3.05) is 30.0 Å². The molecular formula is C17H19N3O3S. The lowest BCUT2D eigenvalue weighted by molar-refractivity contribution is -0.118. The SMILES string of the molecule is [C-]#[N+]C1(c2ccc(N3C[C@H](CNC(=O)CSC)OC3=O)cc2)CC1. The van der Waals surface area contributed by atoms with E-state index in [0.29, 0.717) is 18.8 Å². The Labute approximate surface area is 145 Å². The van der Waals surface area contributed by atoms with Gasteiger partial charge in [-0.2, -0.15) is 11.8 Å². The van der Waals surface area contributed by atoms with Gasteiger partial charge in [0.2, 0.25) is 5.91 Å². The molecule has 0 spiro atoms. The first kappa shape index (κ1) is 16.7. The number of hydrogen-bond acceptors (Lipinski definition) is 4. The maximum absolute atomic E-state index is 12.0. The molecule has 126 valence electrons. The monoisotopic (exact) mass is 345 g/mol. The molecular weight excluding hydrogens is 326 g/mol. The number of thioether (sulfide) groups is 1. The summed E-state index contributed by atoms with van der Waals surface area (Å²) in [7, 11) is 0. The second-order valence-electron chi connectivity index (χ2n) is 6.04. The van der Waals surface area contributed by atoms with Gasteiger partial charge in [-0.3, -0.25) is 9.69 Å². The van der Waals surface area contributed by atoms with Crippen molar-refractivity contribution in [3.63, 3.8) is 0 Å². The van der Waals surface area contributed by atoms with E-state index in [1.54, 1.807) is 4.90 Å². The Morgan fingerprint density at radius 1 is 1.46 bits per heavy atom. The average molecular weight is 345 g/mol. The fourth-order valence-corrected chi connectivity index (χ4v) is 3.15. The molecule has 6 nitrogen and oxygen atoms in total. The van der Waals surface area contributed by atoms with Gasteiger partial charge in [-0.25, -0.2) is 11.4 Å². The van der Waals surface area contributed by atoms with Gasteiger partial charge in [0.1, 0.15) is 6.10 Å². The summed E-state index contributed by atoms with van der Waals surface area (Å²) in [4.78, 5) is 28.8. The number of rotatable bonds is 6. The zero-order valence-electron chi connectivity index (χ0n) is 13.4. The summed E-state index contributed by atoms with van der Waals surface area (Å²) >= 11 is 1.45. The molecule has 24 heavy (non-hydrogen) atoms. The van der Waals surface area contributed by atoms with E-state index in [-0.39, 0.29) is 17.6 Å². The normalized spacial score (nSPS) is 21.1. The van der Waals surface area contributed by atoms with Crippen LogP contribution in [0.5, 0.6) is 0 Å². The Morgan fingerprint density at radius 2 is 2.17 bits per heavy atom. The van der Waals surface area contributed by atoms with Crippen molar-refractivity contribution in [3.05, 3.63) is 41.2 Å². The van der Waals surface area contributed by atoms with Crippen LogP contribution >= 0.6 is 11.8 Å². The van der Waals surface area contributed by atoms with Crippen LogP contribution in [0.25, 0.3) is 4.85 Å². The third-order valence-corrected chi connectivity index (χ3v) is 4.88. The molecule has 0 aromatic heterocycles. The van der Waals surface area contributed by atoms with E-state index in [1.807, 2.05) is 30.5 Å². The minimum atomic E-state index is -0.404. The van der Waals surface area contributed by atoms with E-state index in [1.165, 1.54) is 11.8 Å². The molecule has 1 N–H and O–H groups in total. The highest BCUT2D eigenvalue weighted by Gasteiger charge is 2.52. The molecule has 1 aromatic carbocycles. The third-order valence-electron chi connectivity index (χ3n) is 4.33. The predicted octanol–water partition coefficient (Wildman–Crippen LogP) is 2.40. The van der Waals surface area contributed by atoms with E-state index >= 15 is 0 Å². The van der Waals surface area contributed by atoms with E-state index in [0.717, 1.165) is 24.1 Å². The lowest BCUT2D eigenvalue weighted by Gasteiger charge is -2.14. The van der Waals surface area contributed by atoms with Gasteiger partial charge in [0.25, 0.3) is 5.54 Å². The van der Waals surface area contributed by atoms with Gasteiger partial charge in [-0.1, -0.05) is 0 Å². The molecule has 1 heterocycles. The lowest BCUT2D eigenvalue weighted by Crippen LogP contribution is -2.35. The smallest absolute Gasteiger partial charge is 0.414 e. The quantitative estimate of drug-likeness (QED) is 0.804. The molecule has 1 aromatic rings. The van der Waals surface area contributed by atoms with E-state index in [4.69, 9.17) is 11.3 Å². The molecule has 7 heteroatoms. The zero-order valence-corrected chi connectivity index (χ0v) is 14.3. The van der Waals surface area contributed by atoms with Crippen molar-refractivity contribution in [2.45, 2.75) is 24.5 Å². The van der Waals surface area contributed by atoms with Crippen LogP contribution in [0.3, 0.4) is 0 Å². The number of nitrogens with one attached hydrogen (secondary N) is 1. The fourth-order valence-electron chi connectivity index (χ4n) is 2.78. The average Bonchev–Trinajstić information content (AvgIpc) is 3.30. The summed E-state index contributed by atoms with van der Waals surface area (Å²) < 4.78 is 5.30. The fraction of sp³-hybridized carbons (Fsp3) is 0.471. The number of cyclic esters (lactones) is 1.